The summed E-state index contributed by atoms with van der Waals surface area (Å²) in [4.78, 5) is 15.7. The number of methoxy groups -OCH3 is 1. The van der Waals surface area contributed by atoms with E-state index in [9.17, 15) is 9.90 Å². The fraction of sp³-hybridized carbons (Fsp3) is 0.441. The van der Waals surface area contributed by atoms with Gasteiger partial charge in [0.05, 0.1) is 43.5 Å². The van der Waals surface area contributed by atoms with Crippen LogP contribution in [0.3, 0.4) is 0 Å². The summed E-state index contributed by atoms with van der Waals surface area (Å²) < 4.78 is 17.8. The molecule has 3 aliphatic heterocycles. The smallest absolute Gasteiger partial charge is 0.232 e. The third kappa shape index (κ3) is 5.33. The maximum atomic E-state index is 13.8. The number of carbonyl (C=O) groups excluding carboxylic acids is 1. The van der Waals surface area contributed by atoms with Crippen LogP contribution in [-0.2, 0) is 21.6 Å². The van der Waals surface area contributed by atoms with Crippen molar-refractivity contribution in [2.75, 3.05) is 12.0 Å². The Hall–Kier alpha value is -3.06. The normalized spacial score (nSPS) is 25.1. The molecule has 0 aromatic heterocycles. The minimum absolute atomic E-state index is 0.0162. The van der Waals surface area contributed by atoms with Crippen molar-refractivity contribution in [3.63, 3.8) is 0 Å². The Morgan fingerprint density at radius 2 is 1.66 bits per heavy atom. The number of anilines is 1. The average molecular weight is 576 g/mol. The third-order valence-corrected chi connectivity index (χ3v) is 9.20. The maximum Gasteiger partial charge on any atom is 0.232 e. The second kappa shape index (κ2) is 11.0. The minimum atomic E-state index is -0.975. The van der Waals surface area contributed by atoms with E-state index < -0.39 is 5.60 Å². The zero-order valence-corrected chi connectivity index (χ0v) is 24.9. The lowest BCUT2D eigenvalue weighted by atomic mass is 9.76. The lowest BCUT2D eigenvalue weighted by Crippen LogP contribution is -2.41. The summed E-state index contributed by atoms with van der Waals surface area (Å²) in [5.74, 6) is 1.38. The molecule has 3 heterocycles. The number of halogens is 1. The first kappa shape index (κ1) is 28.1. The highest BCUT2D eigenvalue weighted by Gasteiger charge is 2.44. The van der Waals surface area contributed by atoms with E-state index in [-0.39, 0.29) is 42.6 Å². The summed E-state index contributed by atoms with van der Waals surface area (Å²) in [7, 11) is 1.62. The first-order valence-electron chi connectivity index (χ1n) is 14.6. The van der Waals surface area contributed by atoms with Crippen molar-refractivity contribution in [2.24, 2.45) is 5.92 Å². The van der Waals surface area contributed by atoms with Crippen LogP contribution < -0.4 is 14.4 Å². The van der Waals surface area contributed by atoms with Gasteiger partial charge < -0.3 is 24.2 Å². The van der Waals surface area contributed by atoms with E-state index in [0.717, 1.165) is 53.6 Å². The van der Waals surface area contributed by atoms with Crippen LogP contribution in [0, 0.1) is 5.92 Å². The van der Waals surface area contributed by atoms with Crippen LogP contribution in [0.1, 0.15) is 74.8 Å². The van der Waals surface area contributed by atoms with Gasteiger partial charge in [-0.15, -0.1) is 0 Å². The van der Waals surface area contributed by atoms with E-state index in [1.807, 2.05) is 86.3 Å². The monoisotopic (exact) mass is 575 g/mol. The first-order chi connectivity index (χ1) is 19.6. The summed E-state index contributed by atoms with van der Waals surface area (Å²) in [5.41, 5.74) is 3.49. The molecule has 1 N–H and O–H groups in total. The van der Waals surface area contributed by atoms with E-state index in [1.54, 1.807) is 7.11 Å². The Morgan fingerprint density at radius 1 is 1.00 bits per heavy atom. The molecule has 4 atom stereocenters. The van der Waals surface area contributed by atoms with Gasteiger partial charge in [0.15, 0.2) is 11.5 Å². The highest BCUT2D eigenvalue weighted by atomic mass is 35.5. The van der Waals surface area contributed by atoms with E-state index in [0.29, 0.717) is 16.5 Å². The molecule has 2 fully saturated rings. The zero-order valence-electron chi connectivity index (χ0n) is 24.1. The second-order valence-corrected chi connectivity index (χ2v) is 12.5. The lowest BCUT2D eigenvalue weighted by molar-refractivity contribution is -0.118. The largest absolute Gasteiger partial charge is 0.493 e. The van der Waals surface area contributed by atoms with Crippen LogP contribution in [0.4, 0.5) is 5.69 Å². The number of nitrogens with zero attached hydrogens (tertiary/aromatic N) is 1. The topological polar surface area (TPSA) is 68.2 Å². The number of hydrogen-bond acceptors (Lipinski definition) is 5. The van der Waals surface area contributed by atoms with Gasteiger partial charge in [0.25, 0.3) is 0 Å². The Bertz CT molecular complexity index is 1410. The van der Waals surface area contributed by atoms with Gasteiger partial charge in [-0.25, -0.2) is 0 Å². The van der Waals surface area contributed by atoms with Gasteiger partial charge in [0, 0.05) is 10.7 Å². The van der Waals surface area contributed by atoms with Crippen LogP contribution in [0.15, 0.2) is 60.7 Å². The van der Waals surface area contributed by atoms with Gasteiger partial charge in [-0.1, -0.05) is 35.9 Å². The molecular formula is C34H38ClNO5. The highest BCUT2D eigenvalue weighted by Crippen LogP contribution is 2.46. The number of amides is 1. The van der Waals surface area contributed by atoms with Crippen LogP contribution >= 0.6 is 11.6 Å². The third-order valence-electron chi connectivity index (χ3n) is 8.95. The van der Waals surface area contributed by atoms with Gasteiger partial charge in [-0.3, -0.25) is 4.79 Å². The van der Waals surface area contributed by atoms with Crippen LogP contribution in [0.2, 0.25) is 5.02 Å². The lowest BCUT2D eigenvalue weighted by Gasteiger charge is -2.40. The summed E-state index contributed by atoms with van der Waals surface area (Å²) in [6.07, 6.45) is 4.60. The molecule has 3 aliphatic rings. The van der Waals surface area contributed by atoms with Crippen LogP contribution in [-0.4, -0.2) is 36.4 Å². The van der Waals surface area contributed by atoms with Gasteiger partial charge in [-0.05, 0) is 111 Å². The number of ether oxygens (including phenoxy) is 3. The van der Waals surface area contributed by atoms with Gasteiger partial charge in [0.1, 0.15) is 0 Å². The van der Waals surface area contributed by atoms with E-state index >= 15 is 0 Å². The molecule has 6 rings (SSSR count). The van der Waals surface area contributed by atoms with Crippen molar-refractivity contribution in [3.8, 4) is 11.5 Å². The van der Waals surface area contributed by atoms with Crippen LogP contribution in [0.25, 0.3) is 0 Å². The molecule has 0 aliphatic carbocycles. The number of fused-ring (bicyclic) bond motifs is 3. The van der Waals surface area contributed by atoms with Crippen molar-refractivity contribution < 1.29 is 24.1 Å². The molecule has 0 saturated carbocycles. The predicted octanol–water partition coefficient (Wildman–Crippen LogP) is 6.98. The Kier molecular flexibility index (Phi) is 7.52. The molecule has 0 spiro atoms. The van der Waals surface area contributed by atoms with Crippen molar-refractivity contribution >= 4 is 23.2 Å². The number of benzene rings is 3. The Labute approximate surface area is 247 Å². The van der Waals surface area contributed by atoms with Crippen molar-refractivity contribution in [1.82, 2.24) is 0 Å². The van der Waals surface area contributed by atoms with Gasteiger partial charge in [0.2, 0.25) is 5.91 Å². The predicted molar refractivity (Wildman–Crippen MR) is 160 cm³/mol. The summed E-state index contributed by atoms with van der Waals surface area (Å²) in [6.45, 7) is 5.87. The standard InChI is InChI=1S/C34H38ClNO5/c1-20(2)40-31-19-29-22(15-30(31)39-4)16-32(37)36(33(29)21-5-9-25(35)10-6-21)26-11-7-23(8-12-26)34(3,38)24-17-27-13-14-28(18-24)41-27/h5-12,15,19-20,24,27-28,33,38H,13-14,16-18H2,1-4H3/t24?,27?,28?,33-,34?/m0/s1. The fourth-order valence-electron chi connectivity index (χ4n) is 6.84. The Morgan fingerprint density at radius 3 is 2.27 bits per heavy atom. The number of hydrogen-bond donors (Lipinski definition) is 1. The van der Waals surface area contributed by atoms with Crippen LogP contribution in [0.5, 0.6) is 11.5 Å². The second-order valence-electron chi connectivity index (χ2n) is 12.1. The molecule has 2 bridgehead atoms. The molecule has 1 amide bonds. The summed E-state index contributed by atoms with van der Waals surface area (Å²) in [5, 5.41) is 12.3. The van der Waals surface area contributed by atoms with Crippen molar-refractivity contribution in [1.29, 1.82) is 0 Å². The molecule has 216 valence electrons. The molecule has 3 aromatic rings. The number of aliphatic hydroxyl groups is 1. The molecule has 6 nitrogen and oxygen atoms in total. The summed E-state index contributed by atoms with van der Waals surface area (Å²) in [6, 6.07) is 19.0. The molecule has 0 radical (unpaired) electrons. The quantitative estimate of drug-likeness (QED) is 0.329. The molecular weight excluding hydrogens is 538 g/mol. The SMILES string of the molecule is COc1cc2c(cc1OC(C)C)[C@H](c1ccc(Cl)cc1)N(c1ccc(C(C)(O)C3CC4CCC(C3)O4)cc1)C(=O)C2. The zero-order chi connectivity index (χ0) is 28.9. The summed E-state index contributed by atoms with van der Waals surface area (Å²) >= 11 is 6.25. The molecule has 7 heteroatoms. The highest BCUT2D eigenvalue weighted by molar-refractivity contribution is 6.30. The van der Waals surface area contributed by atoms with E-state index in [4.69, 9.17) is 25.8 Å². The van der Waals surface area contributed by atoms with Gasteiger partial charge >= 0.3 is 0 Å². The van der Waals surface area contributed by atoms with E-state index in [2.05, 4.69) is 0 Å². The van der Waals surface area contributed by atoms with E-state index in [1.165, 1.54) is 0 Å². The van der Waals surface area contributed by atoms with Crippen molar-refractivity contribution in [2.45, 2.75) is 82.8 Å². The number of carbonyl (C=O) groups is 1. The number of rotatable bonds is 7. The Balaban J connectivity index is 1.39. The first-order valence-corrected chi connectivity index (χ1v) is 14.9. The van der Waals surface area contributed by atoms with Crippen molar-refractivity contribution in [3.05, 3.63) is 87.9 Å². The van der Waals surface area contributed by atoms with Gasteiger partial charge in [-0.2, -0.15) is 0 Å². The molecule has 3 aromatic carbocycles. The molecule has 2 saturated heterocycles. The molecule has 41 heavy (non-hydrogen) atoms. The maximum absolute atomic E-state index is 13.8. The average Bonchev–Trinajstić information content (AvgIpc) is 3.29. The fourth-order valence-corrected chi connectivity index (χ4v) is 6.97. The molecule has 3 unspecified atom stereocenters. The minimum Gasteiger partial charge on any atom is -0.493 e.